The number of amides is 3. The number of hydrogen-bond donors (Lipinski definition) is 4. The first kappa shape index (κ1) is 31.1. The van der Waals surface area contributed by atoms with E-state index in [0.29, 0.717) is 30.6 Å². The van der Waals surface area contributed by atoms with Gasteiger partial charge in [-0.15, -0.1) is 0 Å². The smallest absolute Gasteiger partial charge is 0.407 e. The Balaban J connectivity index is 1.27. The molecule has 0 aliphatic heterocycles. The molecule has 3 aromatic carbocycles. The van der Waals surface area contributed by atoms with Crippen LogP contribution in [0.2, 0.25) is 0 Å². The number of carbonyl (C=O) groups excluding carboxylic acids is 3. The largest absolute Gasteiger partial charge is 0.480 e. The van der Waals surface area contributed by atoms with Crippen LogP contribution in [-0.2, 0) is 20.7 Å². The van der Waals surface area contributed by atoms with Crippen LogP contribution < -0.4 is 16.0 Å². The summed E-state index contributed by atoms with van der Waals surface area (Å²) in [5.74, 6) is -1.71. The predicted octanol–water partition coefficient (Wildman–Crippen LogP) is 4.87. The number of benzene rings is 3. The first-order valence-electron chi connectivity index (χ1n) is 14.2. The molecular formula is C33H37N3O7. The Labute approximate surface area is 250 Å². The van der Waals surface area contributed by atoms with Crippen molar-refractivity contribution in [1.29, 1.82) is 0 Å². The van der Waals surface area contributed by atoms with Crippen molar-refractivity contribution >= 4 is 24.1 Å². The molecule has 3 amide bonds. The highest BCUT2D eigenvalue weighted by Crippen LogP contribution is 2.44. The highest BCUT2D eigenvalue weighted by atomic mass is 16.6. The first-order valence-corrected chi connectivity index (χ1v) is 14.2. The summed E-state index contributed by atoms with van der Waals surface area (Å²) in [7, 11) is 0. The van der Waals surface area contributed by atoms with Crippen LogP contribution in [0.15, 0.2) is 72.8 Å². The zero-order valence-corrected chi connectivity index (χ0v) is 24.5. The average Bonchev–Trinajstić information content (AvgIpc) is 3.28. The number of carboxylic acid groups (broad SMARTS) is 1. The Morgan fingerprint density at radius 1 is 0.837 bits per heavy atom. The first-order chi connectivity index (χ1) is 20.5. The zero-order valence-electron chi connectivity index (χ0n) is 24.5. The van der Waals surface area contributed by atoms with Crippen molar-refractivity contribution in [2.45, 2.75) is 51.2 Å². The van der Waals surface area contributed by atoms with Crippen LogP contribution in [0, 0.1) is 0 Å². The molecule has 1 aliphatic carbocycles. The van der Waals surface area contributed by atoms with Crippen molar-refractivity contribution in [3.8, 4) is 11.1 Å². The highest BCUT2D eigenvalue weighted by molar-refractivity contribution is 5.94. The Morgan fingerprint density at radius 2 is 1.47 bits per heavy atom. The van der Waals surface area contributed by atoms with Gasteiger partial charge in [0.15, 0.2) is 0 Å². The van der Waals surface area contributed by atoms with Gasteiger partial charge in [0.25, 0.3) is 5.91 Å². The SMILES string of the molecule is CC(C)(C)OC(=O)NCCCNC(=O)c1cccc(C[C@H](NC(=O)OCC2c3ccccc3-c3ccccc32)C(=O)O)c1. The quantitative estimate of drug-likeness (QED) is 0.235. The van der Waals surface area contributed by atoms with Crippen molar-refractivity contribution in [3.63, 3.8) is 0 Å². The number of nitrogens with one attached hydrogen (secondary N) is 3. The third kappa shape index (κ3) is 8.57. The van der Waals surface area contributed by atoms with Crippen molar-refractivity contribution in [3.05, 3.63) is 95.1 Å². The molecule has 10 nitrogen and oxygen atoms in total. The Bertz CT molecular complexity index is 1440. The lowest BCUT2D eigenvalue weighted by atomic mass is 9.98. The topological polar surface area (TPSA) is 143 Å². The number of hydrogen-bond acceptors (Lipinski definition) is 6. The van der Waals surface area contributed by atoms with Crippen LogP contribution in [0.3, 0.4) is 0 Å². The summed E-state index contributed by atoms with van der Waals surface area (Å²) >= 11 is 0. The lowest BCUT2D eigenvalue weighted by Crippen LogP contribution is -2.43. The molecule has 0 bridgehead atoms. The molecule has 1 atom stereocenters. The Morgan fingerprint density at radius 3 is 2.09 bits per heavy atom. The number of rotatable bonds is 11. The summed E-state index contributed by atoms with van der Waals surface area (Å²) in [5, 5.41) is 17.6. The van der Waals surface area contributed by atoms with Crippen LogP contribution in [0.4, 0.5) is 9.59 Å². The lowest BCUT2D eigenvalue weighted by Gasteiger charge is -2.19. The summed E-state index contributed by atoms with van der Waals surface area (Å²) in [4.78, 5) is 49.0. The van der Waals surface area contributed by atoms with Crippen molar-refractivity contribution in [1.82, 2.24) is 16.0 Å². The van der Waals surface area contributed by atoms with Crippen molar-refractivity contribution in [2.24, 2.45) is 0 Å². The van der Waals surface area contributed by atoms with E-state index < -0.39 is 29.8 Å². The molecule has 0 saturated heterocycles. The molecule has 1 aliphatic rings. The van der Waals surface area contributed by atoms with Gasteiger partial charge in [0.05, 0.1) is 0 Å². The van der Waals surface area contributed by atoms with Crippen LogP contribution in [-0.4, -0.2) is 60.5 Å². The van der Waals surface area contributed by atoms with E-state index in [-0.39, 0.29) is 24.9 Å². The van der Waals surface area contributed by atoms with E-state index in [1.54, 1.807) is 45.0 Å². The van der Waals surface area contributed by atoms with Crippen molar-refractivity contribution < 1.29 is 33.8 Å². The van der Waals surface area contributed by atoms with E-state index >= 15 is 0 Å². The normalized spacial score (nSPS) is 12.8. The fourth-order valence-corrected chi connectivity index (χ4v) is 4.95. The molecule has 226 valence electrons. The fraction of sp³-hybridized carbons (Fsp3) is 0.333. The number of carboxylic acids is 1. The molecular weight excluding hydrogens is 550 g/mol. The fourth-order valence-electron chi connectivity index (χ4n) is 4.95. The molecule has 10 heteroatoms. The van der Waals surface area contributed by atoms with Gasteiger partial charge in [-0.05, 0) is 67.1 Å². The molecule has 0 radical (unpaired) electrons. The predicted molar refractivity (Wildman–Crippen MR) is 161 cm³/mol. The maximum atomic E-state index is 12.7. The van der Waals surface area contributed by atoms with E-state index in [4.69, 9.17) is 9.47 Å². The van der Waals surface area contributed by atoms with E-state index in [9.17, 15) is 24.3 Å². The molecule has 0 fully saturated rings. The van der Waals surface area contributed by atoms with Gasteiger partial charge in [-0.2, -0.15) is 0 Å². The van der Waals surface area contributed by atoms with Gasteiger partial charge in [-0.3, -0.25) is 4.79 Å². The monoisotopic (exact) mass is 587 g/mol. The molecule has 0 heterocycles. The molecule has 0 unspecified atom stereocenters. The third-order valence-electron chi connectivity index (χ3n) is 6.87. The molecule has 43 heavy (non-hydrogen) atoms. The number of aliphatic carboxylic acids is 1. The standard InChI is InChI=1S/C33H37N3O7/c1-33(2,3)43-31(40)35-17-9-16-34-29(37)22-11-8-10-21(18-22)19-28(30(38)39)36-32(41)42-20-27-25-14-6-4-12-23(25)24-13-5-7-15-26(24)27/h4-8,10-15,18,27-28H,9,16-17,19-20H2,1-3H3,(H,34,37)(H,35,40)(H,36,41)(H,38,39)/t28-/m0/s1. The van der Waals surface area contributed by atoms with Gasteiger partial charge in [0.2, 0.25) is 0 Å². The van der Waals surface area contributed by atoms with Crippen LogP contribution in [0.1, 0.15) is 60.2 Å². The number of alkyl carbamates (subject to hydrolysis) is 2. The van der Waals surface area contributed by atoms with E-state index in [2.05, 4.69) is 16.0 Å². The maximum Gasteiger partial charge on any atom is 0.407 e. The van der Waals surface area contributed by atoms with Crippen LogP contribution in [0.25, 0.3) is 11.1 Å². The van der Waals surface area contributed by atoms with Gasteiger partial charge < -0.3 is 30.5 Å². The number of ether oxygens (including phenoxy) is 2. The molecule has 0 saturated carbocycles. The molecule has 0 aromatic heterocycles. The van der Waals surface area contributed by atoms with E-state index in [1.807, 2.05) is 48.5 Å². The summed E-state index contributed by atoms with van der Waals surface area (Å²) in [6.07, 6.45) is -0.898. The van der Waals surface area contributed by atoms with Gasteiger partial charge in [-0.1, -0.05) is 60.7 Å². The van der Waals surface area contributed by atoms with Gasteiger partial charge in [-0.25, -0.2) is 14.4 Å². The minimum Gasteiger partial charge on any atom is -0.480 e. The Kier molecular flexibility index (Phi) is 10.0. The average molecular weight is 588 g/mol. The molecule has 0 spiro atoms. The molecule has 4 N–H and O–H groups in total. The second-order valence-corrected chi connectivity index (χ2v) is 11.3. The third-order valence-corrected chi connectivity index (χ3v) is 6.87. The van der Waals surface area contributed by atoms with Crippen molar-refractivity contribution in [2.75, 3.05) is 19.7 Å². The van der Waals surface area contributed by atoms with Crippen LogP contribution >= 0.6 is 0 Å². The number of fused-ring (bicyclic) bond motifs is 3. The summed E-state index contributed by atoms with van der Waals surface area (Å²) in [5.41, 5.74) is 4.62. The second kappa shape index (κ2) is 13.9. The maximum absolute atomic E-state index is 12.7. The Hall–Kier alpha value is -4.86. The van der Waals surface area contributed by atoms with Gasteiger partial charge in [0, 0.05) is 31.0 Å². The zero-order chi connectivity index (χ0) is 31.0. The second-order valence-electron chi connectivity index (χ2n) is 11.3. The van der Waals surface area contributed by atoms with Gasteiger partial charge >= 0.3 is 18.2 Å². The summed E-state index contributed by atoms with van der Waals surface area (Å²) in [6.45, 7) is 6.04. The molecule has 4 rings (SSSR count). The minimum absolute atomic E-state index is 0.0412. The summed E-state index contributed by atoms with van der Waals surface area (Å²) in [6, 6.07) is 21.2. The van der Waals surface area contributed by atoms with Crippen LogP contribution in [0.5, 0.6) is 0 Å². The number of carbonyl (C=O) groups is 4. The van der Waals surface area contributed by atoms with E-state index in [1.165, 1.54) is 0 Å². The van der Waals surface area contributed by atoms with Gasteiger partial charge in [0.1, 0.15) is 18.2 Å². The van der Waals surface area contributed by atoms with E-state index in [0.717, 1.165) is 22.3 Å². The lowest BCUT2D eigenvalue weighted by molar-refractivity contribution is -0.139. The summed E-state index contributed by atoms with van der Waals surface area (Å²) < 4.78 is 10.7. The molecule has 3 aromatic rings. The minimum atomic E-state index is -1.26. The highest BCUT2D eigenvalue weighted by Gasteiger charge is 2.30.